The molecule has 1 heterocycles. The van der Waals surface area contributed by atoms with Crippen LogP contribution in [-0.2, 0) is 12.7 Å². The lowest BCUT2D eigenvalue weighted by atomic mass is 10.2. The van der Waals surface area contributed by atoms with Gasteiger partial charge in [-0.1, -0.05) is 12.1 Å². The number of hydrogen-bond donors (Lipinski definition) is 1. The SMILES string of the molecule is Fc1ccc(CNc2ccc(C(F)(F)F)nn2)cc1. The van der Waals surface area contributed by atoms with Gasteiger partial charge in [0.1, 0.15) is 11.6 Å². The van der Waals surface area contributed by atoms with E-state index in [0.717, 1.165) is 11.6 Å². The largest absolute Gasteiger partial charge is 0.435 e. The lowest BCUT2D eigenvalue weighted by molar-refractivity contribution is -0.141. The quantitative estimate of drug-likeness (QED) is 0.871. The monoisotopic (exact) mass is 271 g/mol. The van der Waals surface area contributed by atoms with Crippen LogP contribution < -0.4 is 5.32 Å². The van der Waals surface area contributed by atoms with Gasteiger partial charge in [0.2, 0.25) is 0 Å². The van der Waals surface area contributed by atoms with Crippen LogP contribution in [0, 0.1) is 5.82 Å². The van der Waals surface area contributed by atoms with Crippen LogP contribution in [0.3, 0.4) is 0 Å². The fourth-order valence-corrected chi connectivity index (χ4v) is 1.37. The molecule has 0 amide bonds. The van der Waals surface area contributed by atoms with Crippen molar-refractivity contribution in [3.8, 4) is 0 Å². The number of halogens is 4. The van der Waals surface area contributed by atoms with Gasteiger partial charge < -0.3 is 5.32 Å². The van der Waals surface area contributed by atoms with Crippen LogP contribution in [0.4, 0.5) is 23.4 Å². The van der Waals surface area contributed by atoms with E-state index in [1.54, 1.807) is 12.1 Å². The first-order chi connectivity index (χ1) is 8.95. The Morgan fingerprint density at radius 3 is 2.16 bits per heavy atom. The maximum atomic E-state index is 12.7. The first-order valence-electron chi connectivity index (χ1n) is 5.34. The molecule has 3 nitrogen and oxygen atoms in total. The molecule has 0 atom stereocenters. The normalized spacial score (nSPS) is 11.4. The third kappa shape index (κ3) is 3.64. The predicted molar refractivity (Wildman–Crippen MR) is 60.8 cm³/mol. The molecule has 7 heteroatoms. The molecular weight excluding hydrogens is 262 g/mol. The Labute approximate surface area is 106 Å². The lowest BCUT2D eigenvalue weighted by Crippen LogP contribution is -2.10. The van der Waals surface area contributed by atoms with Crippen molar-refractivity contribution in [1.82, 2.24) is 10.2 Å². The maximum Gasteiger partial charge on any atom is 0.435 e. The van der Waals surface area contributed by atoms with Gasteiger partial charge in [0.05, 0.1) is 0 Å². The fraction of sp³-hybridized carbons (Fsp3) is 0.167. The summed E-state index contributed by atoms with van der Waals surface area (Å²) >= 11 is 0. The van der Waals surface area contributed by atoms with E-state index in [1.165, 1.54) is 18.2 Å². The van der Waals surface area contributed by atoms with Gasteiger partial charge in [-0.3, -0.25) is 0 Å². The zero-order valence-corrected chi connectivity index (χ0v) is 9.58. The van der Waals surface area contributed by atoms with E-state index >= 15 is 0 Å². The molecule has 0 saturated carbocycles. The molecule has 2 aromatic rings. The van der Waals surface area contributed by atoms with Crippen LogP contribution in [0.5, 0.6) is 0 Å². The minimum atomic E-state index is -4.50. The average Bonchev–Trinajstić information content (AvgIpc) is 2.37. The highest BCUT2D eigenvalue weighted by atomic mass is 19.4. The summed E-state index contributed by atoms with van der Waals surface area (Å²) in [5.74, 6) is -0.129. The molecule has 0 fully saturated rings. The Morgan fingerprint density at radius 1 is 0.947 bits per heavy atom. The first kappa shape index (κ1) is 13.3. The number of hydrogen-bond acceptors (Lipinski definition) is 3. The van der Waals surface area contributed by atoms with Crippen molar-refractivity contribution < 1.29 is 17.6 Å². The molecule has 1 aromatic heterocycles. The van der Waals surface area contributed by atoms with E-state index in [1.807, 2.05) is 0 Å². The van der Waals surface area contributed by atoms with Gasteiger partial charge in [-0.15, -0.1) is 10.2 Å². The molecule has 0 saturated heterocycles. The Bertz CT molecular complexity index is 534. The molecule has 0 spiro atoms. The molecule has 100 valence electrons. The molecule has 1 N–H and O–H groups in total. The predicted octanol–water partition coefficient (Wildman–Crippen LogP) is 3.25. The van der Waals surface area contributed by atoms with E-state index < -0.39 is 11.9 Å². The molecule has 0 bridgehead atoms. The van der Waals surface area contributed by atoms with Crippen LogP contribution in [0.2, 0.25) is 0 Å². The Morgan fingerprint density at radius 2 is 1.63 bits per heavy atom. The number of nitrogens with one attached hydrogen (secondary N) is 1. The number of aromatic nitrogens is 2. The average molecular weight is 271 g/mol. The molecule has 2 rings (SSSR count). The summed E-state index contributed by atoms with van der Waals surface area (Å²) in [5.41, 5.74) is -0.261. The summed E-state index contributed by atoms with van der Waals surface area (Å²) in [6, 6.07) is 7.78. The van der Waals surface area contributed by atoms with Crippen molar-refractivity contribution in [3.05, 3.63) is 53.5 Å². The second-order valence-corrected chi connectivity index (χ2v) is 3.78. The number of anilines is 1. The highest BCUT2D eigenvalue weighted by Crippen LogP contribution is 2.27. The summed E-state index contributed by atoms with van der Waals surface area (Å²) in [4.78, 5) is 0. The summed E-state index contributed by atoms with van der Waals surface area (Å²) in [7, 11) is 0. The van der Waals surface area contributed by atoms with Crippen molar-refractivity contribution in [2.24, 2.45) is 0 Å². The summed E-state index contributed by atoms with van der Waals surface area (Å²) in [6.07, 6.45) is -4.50. The van der Waals surface area contributed by atoms with Crippen molar-refractivity contribution in [3.63, 3.8) is 0 Å². The standard InChI is InChI=1S/C12H9F4N3/c13-9-3-1-8(2-4-9)7-17-11-6-5-10(18-19-11)12(14,15)16/h1-6H,7H2,(H,17,19). The highest BCUT2D eigenvalue weighted by Gasteiger charge is 2.32. The summed E-state index contributed by atoms with van der Waals surface area (Å²) in [6.45, 7) is 0.320. The topological polar surface area (TPSA) is 37.8 Å². The number of benzene rings is 1. The number of alkyl halides is 3. The van der Waals surface area contributed by atoms with Crippen molar-refractivity contribution in [1.29, 1.82) is 0 Å². The molecule has 0 radical (unpaired) electrons. The van der Waals surface area contributed by atoms with Crippen molar-refractivity contribution in [2.45, 2.75) is 12.7 Å². The highest BCUT2D eigenvalue weighted by molar-refractivity contribution is 5.34. The Hall–Kier alpha value is -2.18. The van der Waals surface area contributed by atoms with Crippen LogP contribution in [-0.4, -0.2) is 10.2 Å². The minimum absolute atomic E-state index is 0.220. The Kier molecular flexibility index (Phi) is 3.64. The lowest BCUT2D eigenvalue weighted by Gasteiger charge is -2.07. The molecule has 0 aliphatic rings. The van der Waals surface area contributed by atoms with Gasteiger partial charge in [0.25, 0.3) is 0 Å². The molecular formula is C12H9F4N3. The molecule has 1 aromatic carbocycles. The van der Waals surface area contributed by atoms with Crippen LogP contribution in [0.25, 0.3) is 0 Å². The number of rotatable bonds is 3. The molecule has 0 aliphatic heterocycles. The molecule has 19 heavy (non-hydrogen) atoms. The van der Waals surface area contributed by atoms with Crippen molar-refractivity contribution in [2.75, 3.05) is 5.32 Å². The van der Waals surface area contributed by atoms with E-state index in [9.17, 15) is 17.6 Å². The van der Waals surface area contributed by atoms with Gasteiger partial charge >= 0.3 is 6.18 Å². The van der Waals surface area contributed by atoms with Crippen LogP contribution in [0.15, 0.2) is 36.4 Å². The smallest absolute Gasteiger partial charge is 0.365 e. The van der Waals surface area contributed by atoms with Crippen LogP contribution in [0.1, 0.15) is 11.3 Å². The zero-order valence-electron chi connectivity index (χ0n) is 9.58. The van der Waals surface area contributed by atoms with Crippen molar-refractivity contribution >= 4 is 5.82 Å². The minimum Gasteiger partial charge on any atom is -0.365 e. The van der Waals surface area contributed by atoms with E-state index in [4.69, 9.17) is 0 Å². The second kappa shape index (κ2) is 5.21. The summed E-state index contributed by atoms with van der Waals surface area (Å²) < 4.78 is 49.4. The van der Waals surface area contributed by atoms with Gasteiger partial charge in [-0.2, -0.15) is 13.2 Å². The van der Waals surface area contributed by atoms with E-state index in [0.29, 0.717) is 6.54 Å². The maximum absolute atomic E-state index is 12.7. The molecule has 0 aliphatic carbocycles. The van der Waals surface area contributed by atoms with E-state index in [2.05, 4.69) is 15.5 Å². The zero-order chi connectivity index (χ0) is 13.9. The Balaban J connectivity index is 1.98. The number of nitrogens with zero attached hydrogens (tertiary/aromatic N) is 2. The fourth-order valence-electron chi connectivity index (χ4n) is 1.37. The van der Waals surface area contributed by atoms with Crippen LogP contribution >= 0.6 is 0 Å². The van der Waals surface area contributed by atoms with Gasteiger partial charge in [0.15, 0.2) is 5.69 Å². The van der Waals surface area contributed by atoms with Gasteiger partial charge in [0, 0.05) is 6.54 Å². The third-order valence-corrected chi connectivity index (χ3v) is 2.34. The summed E-state index contributed by atoms with van der Waals surface area (Å²) in [5, 5.41) is 9.30. The van der Waals surface area contributed by atoms with Gasteiger partial charge in [-0.25, -0.2) is 4.39 Å². The second-order valence-electron chi connectivity index (χ2n) is 3.78. The molecule has 0 unspecified atom stereocenters. The first-order valence-corrected chi connectivity index (χ1v) is 5.34. The van der Waals surface area contributed by atoms with E-state index in [-0.39, 0.29) is 11.6 Å². The third-order valence-electron chi connectivity index (χ3n) is 2.34. The van der Waals surface area contributed by atoms with Gasteiger partial charge in [-0.05, 0) is 29.8 Å².